The average molecular weight is 278 g/mol. The molecule has 0 aromatic heterocycles. The number of benzene rings is 1. The van der Waals surface area contributed by atoms with E-state index in [-0.39, 0.29) is 12.0 Å². The van der Waals surface area contributed by atoms with Gasteiger partial charge in [0.25, 0.3) is 0 Å². The van der Waals surface area contributed by atoms with E-state index in [1.807, 2.05) is 44.2 Å². The molecule has 0 bridgehead atoms. The summed E-state index contributed by atoms with van der Waals surface area (Å²) in [5, 5.41) is 14.4. The number of urea groups is 1. The van der Waals surface area contributed by atoms with E-state index in [1.165, 1.54) is 0 Å². The number of hydrogen-bond donors (Lipinski definition) is 3. The Morgan fingerprint density at radius 2 is 1.75 bits per heavy atom. The minimum absolute atomic E-state index is 0.120. The maximum atomic E-state index is 11.9. The zero-order valence-corrected chi connectivity index (χ0v) is 12.1. The molecule has 5 heteroatoms. The first-order valence-corrected chi connectivity index (χ1v) is 6.80. The van der Waals surface area contributed by atoms with Crippen molar-refractivity contribution in [1.29, 1.82) is 0 Å². The molecule has 2 amide bonds. The molecule has 110 valence electrons. The van der Waals surface area contributed by atoms with Crippen LogP contribution in [0.1, 0.15) is 38.8 Å². The van der Waals surface area contributed by atoms with E-state index in [1.54, 1.807) is 6.92 Å². The lowest BCUT2D eigenvalue weighted by Crippen LogP contribution is -2.49. The third-order valence-corrected chi connectivity index (χ3v) is 3.41. The van der Waals surface area contributed by atoms with Crippen molar-refractivity contribution < 1.29 is 14.7 Å². The highest BCUT2D eigenvalue weighted by Gasteiger charge is 2.25. The summed E-state index contributed by atoms with van der Waals surface area (Å²) < 4.78 is 0. The topological polar surface area (TPSA) is 78.4 Å². The monoisotopic (exact) mass is 278 g/mol. The van der Waals surface area contributed by atoms with Gasteiger partial charge in [-0.25, -0.2) is 9.59 Å². The van der Waals surface area contributed by atoms with Crippen molar-refractivity contribution in [2.24, 2.45) is 5.92 Å². The van der Waals surface area contributed by atoms with Crippen molar-refractivity contribution in [3.63, 3.8) is 0 Å². The maximum Gasteiger partial charge on any atom is 0.326 e. The zero-order valence-electron chi connectivity index (χ0n) is 12.1. The minimum Gasteiger partial charge on any atom is -0.480 e. The summed E-state index contributed by atoms with van der Waals surface area (Å²) >= 11 is 0. The van der Waals surface area contributed by atoms with E-state index in [4.69, 9.17) is 5.11 Å². The van der Waals surface area contributed by atoms with Crippen LogP contribution in [0, 0.1) is 5.92 Å². The van der Waals surface area contributed by atoms with Gasteiger partial charge in [0.05, 0.1) is 6.04 Å². The Hall–Kier alpha value is -2.04. The van der Waals surface area contributed by atoms with Crippen LogP contribution in [0.5, 0.6) is 0 Å². The zero-order chi connectivity index (χ0) is 15.1. The van der Waals surface area contributed by atoms with E-state index in [0.29, 0.717) is 6.42 Å². The summed E-state index contributed by atoms with van der Waals surface area (Å²) in [6.45, 7) is 5.56. The normalized spacial score (nSPS) is 14.9. The van der Waals surface area contributed by atoms with Crippen LogP contribution in [0.2, 0.25) is 0 Å². The fourth-order valence-corrected chi connectivity index (χ4v) is 1.89. The van der Waals surface area contributed by atoms with Gasteiger partial charge >= 0.3 is 12.0 Å². The van der Waals surface area contributed by atoms with E-state index in [2.05, 4.69) is 10.6 Å². The molecular formula is C15H22N2O3. The average Bonchev–Trinajstić information content (AvgIpc) is 2.44. The lowest BCUT2D eigenvalue weighted by atomic mass is 9.99. The van der Waals surface area contributed by atoms with Crippen LogP contribution in [0.25, 0.3) is 0 Å². The SMILES string of the molecule is CC[C@@H](C)[C@H](NC(=O)N[C@@H](C)c1ccccc1)C(=O)O. The van der Waals surface area contributed by atoms with Gasteiger partial charge in [0, 0.05) is 0 Å². The number of carbonyl (C=O) groups is 2. The highest BCUT2D eigenvalue weighted by molar-refractivity contribution is 5.82. The molecule has 0 fully saturated rings. The first kappa shape index (κ1) is 16.0. The molecule has 5 nitrogen and oxygen atoms in total. The number of carbonyl (C=O) groups excluding carboxylic acids is 1. The van der Waals surface area contributed by atoms with Gasteiger partial charge in [0.15, 0.2) is 0 Å². The molecule has 0 heterocycles. The molecule has 0 aliphatic carbocycles. The van der Waals surface area contributed by atoms with Crippen LogP contribution in [0.3, 0.4) is 0 Å². The van der Waals surface area contributed by atoms with E-state index in [0.717, 1.165) is 5.56 Å². The number of rotatable bonds is 6. The second-order valence-electron chi connectivity index (χ2n) is 4.95. The molecule has 3 atom stereocenters. The van der Waals surface area contributed by atoms with Gasteiger partial charge < -0.3 is 15.7 Å². The molecule has 0 aliphatic rings. The molecule has 1 aromatic carbocycles. The molecule has 1 rings (SSSR count). The Morgan fingerprint density at radius 3 is 2.25 bits per heavy atom. The van der Waals surface area contributed by atoms with E-state index >= 15 is 0 Å². The minimum atomic E-state index is -1.01. The summed E-state index contributed by atoms with van der Waals surface area (Å²) in [6, 6.07) is 8.00. The molecule has 20 heavy (non-hydrogen) atoms. The van der Waals surface area contributed by atoms with Crippen molar-refractivity contribution in [3.05, 3.63) is 35.9 Å². The lowest BCUT2D eigenvalue weighted by molar-refractivity contribution is -0.140. The van der Waals surface area contributed by atoms with Crippen molar-refractivity contribution in [2.45, 2.75) is 39.3 Å². The number of carboxylic acid groups (broad SMARTS) is 1. The number of hydrogen-bond acceptors (Lipinski definition) is 2. The number of amides is 2. The van der Waals surface area contributed by atoms with Crippen molar-refractivity contribution in [3.8, 4) is 0 Å². The van der Waals surface area contributed by atoms with Crippen LogP contribution < -0.4 is 10.6 Å². The number of carboxylic acids is 1. The van der Waals surface area contributed by atoms with Crippen molar-refractivity contribution in [1.82, 2.24) is 10.6 Å². The maximum absolute atomic E-state index is 11.9. The molecule has 0 saturated carbocycles. The first-order chi connectivity index (χ1) is 9.45. The molecule has 1 aromatic rings. The van der Waals surface area contributed by atoms with Gasteiger partial charge in [-0.1, -0.05) is 50.6 Å². The van der Waals surface area contributed by atoms with Gasteiger partial charge in [-0.2, -0.15) is 0 Å². The number of nitrogens with one attached hydrogen (secondary N) is 2. The summed E-state index contributed by atoms with van der Waals surface area (Å²) in [7, 11) is 0. The molecular weight excluding hydrogens is 256 g/mol. The molecule has 0 saturated heterocycles. The van der Waals surface area contributed by atoms with E-state index in [9.17, 15) is 9.59 Å². The lowest BCUT2D eigenvalue weighted by Gasteiger charge is -2.22. The Bertz CT molecular complexity index is 448. The van der Waals surface area contributed by atoms with Crippen molar-refractivity contribution in [2.75, 3.05) is 0 Å². The molecule has 0 unspecified atom stereocenters. The van der Waals surface area contributed by atoms with Crippen LogP contribution in [0.4, 0.5) is 4.79 Å². The number of aliphatic carboxylic acids is 1. The predicted molar refractivity (Wildman–Crippen MR) is 77.4 cm³/mol. The molecule has 3 N–H and O–H groups in total. The van der Waals surface area contributed by atoms with Gasteiger partial charge in [-0.3, -0.25) is 0 Å². The van der Waals surface area contributed by atoms with Crippen molar-refractivity contribution >= 4 is 12.0 Å². The van der Waals surface area contributed by atoms with Gasteiger partial charge in [-0.15, -0.1) is 0 Å². The molecule has 0 radical (unpaired) electrons. The fourth-order valence-electron chi connectivity index (χ4n) is 1.89. The smallest absolute Gasteiger partial charge is 0.326 e. The summed E-state index contributed by atoms with van der Waals surface area (Å²) in [4.78, 5) is 23.0. The summed E-state index contributed by atoms with van der Waals surface area (Å²) in [5.41, 5.74) is 0.970. The highest BCUT2D eigenvalue weighted by atomic mass is 16.4. The Balaban J connectivity index is 2.60. The Morgan fingerprint density at radius 1 is 1.15 bits per heavy atom. The van der Waals surface area contributed by atoms with Gasteiger partial charge in [0.1, 0.15) is 6.04 Å². The second-order valence-corrected chi connectivity index (χ2v) is 4.95. The highest BCUT2D eigenvalue weighted by Crippen LogP contribution is 2.12. The van der Waals surface area contributed by atoms with Crippen LogP contribution >= 0.6 is 0 Å². The third kappa shape index (κ3) is 4.57. The standard InChI is InChI=1S/C15H22N2O3/c1-4-10(2)13(14(18)19)17-15(20)16-11(3)12-8-6-5-7-9-12/h5-11,13H,4H2,1-3H3,(H,18,19)(H2,16,17,20)/t10-,11+,13+/m1/s1. The Labute approximate surface area is 119 Å². The fraction of sp³-hybridized carbons (Fsp3) is 0.467. The largest absolute Gasteiger partial charge is 0.480 e. The van der Waals surface area contributed by atoms with Crippen LogP contribution in [-0.4, -0.2) is 23.1 Å². The van der Waals surface area contributed by atoms with E-state index < -0.39 is 18.0 Å². The van der Waals surface area contributed by atoms with Crippen LogP contribution in [-0.2, 0) is 4.79 Å². The third-order valence-electron chi connectivity index (χ3n) is 3.41. The summed E-state index contributed by atoms with van der Waals surface area (Å²) in [6.07, 6.45) is 0.686. The Kier molecular flexibility index (Phi) is 6.03. The first-order valence-electron chi connectivity index (χ1n) is 6.80. The molecule has 0 aliphatic heterocycles. The van der Waals surface area contributed by atoms with Crippen LogP contribution in [0.15, 0.2) is 30.3 Å². The summed E-state index contributed by atoms with van der Waals surface area (Å²) in [5.74, 6) is -1.13. The van der Waals surface area contributed by atoms with Gasteiger partial charge in [-0.05, 0) is 18.4 Å². The predicted octanol–water partition coefficient (Wildman–Crippen LogP) is 2.55. The molecule has 0 spiro atoms. The quantitative estimate of drug-likeness (QED) is 0.748. The van der Waals surface area contributed by atoms with Gasteiger partial charge in [0.2, 0.25) is 0 Å². The second kappa shape index (κ2) is 7.53.